The number of rotatable bonds is 5. The van der Waals surface area contributed by atoms with Gasteiger partial charge in [-0.3, -0.25) is 9.78 Å². The Labute approximate surface area is 136 Å². The average molecular weight is 323 g/mol. The summed E-state index contributed by atoms with van der Waals surface area (Å²) in [7, 11) is 1.45. The molecule has 3 N–H and O–H groups in total. The molecule has 7 heteroatoms. The van der Waals surface area contributed by atoms with Crippen LogP contribution in [0, 0.1) is 5.41 Å². The van der Waals surface area contributed by atoms with E-state index in [2.05, 4.69) is 15.6 Å². The summed E-state index contributed by atoms with van der Waals surface area (Å²) in [4.78, 5) is 26.6. The van der Waals surface area contributed by atoms with Gasteiger partial charge >= 0.3 is 6.09 Å². The molecule has 0 spiro atoms. The number of carbonyl (C=O) groups excluding carboxylic acids is 2. The Morgan fingerprint density at radius 3 is 2.57 bits per heavy atom. The number of amides is 2. The highest BCUT2D eigenvalue weighted by Crippen LogP contribution is 2.40. The number of nitrogens with zero attached hydrogens (tertiary/aromatic N) is 1. The molecule has 2 amide bonds. The molecule has 0 saturated carbocycles. The lowest BCUT2D eigenvalue weighted by atomic mass is 9.73. The van der Waals surface area contributed by atoms with Crippen molar-refractivity contribution in [1.29, 1.82) is 0 Å². The van der Waals surface area contributed by atoms with Gasteiger partial charge in [0.2, 0.25) is 5.91 Å². The van der Waals surface area contributed by atoms with Gasteiger partial charge in [-0.05, 0) is 17.0 Å². The summed E-state index contributed by atoms with van der Waals surface area (Å²) < 4.78 is 4.97. The van der Waals surface area contributed by atoms with Crippen molar-refractivity contribution < 1.29 is 19.4 Å². The molecule has 0 bridgehead atoms. The molecule has 7 nitrogen and oxygen atoms in total. The van der Waals surface area contributed by atoms with E-state index in [0.29, 0.717) is 5.69 Å². The van der Waals surface area contributed by atoms with Gasteiger partial charge in [-0.2, -0.15) is 0 Å². The van der Waals surface area contributed by atoms with Crippen LogP contribution in [0.4, 0.5) is 10.5 Å². The zero-order valence-electron chi connectivity index (χ0n) is 14.2. The molecule has 2 unspecified atom stereocenters. The molecule has 0 radical (unpaired) electrons. The maximum absolute atomic E-state index is 11.4. The lowest BCUT2D eigenvalue weighted by Crippen LogP contribution is -2.36. The number of hydrogen-bond donors (Lipinski definition) is 3. The fraction of sp³-hybridized carbons (Fsp3) is 0.562. The fourth-order valence-electron chi connectivity index (χ4n) is 2.55. The second-order valence-electron chi connectivity index (χ2n) is 6.40. The number of aliphatic hydroxyl groups is 1. The lowest BCUT2D eigenvalue weighted by Gasteiger charge is -2.35. The minimum absolute atomic E-state index is 0.149. The third kappa shape index (κ3) is 5.52. The first-order chi connectivity index (χ1) is 10.7. The molecule has 1 heterocycles. The summed E-state index contributed by atoms with van der Waals surface area (Å²) in [6.45, 7) is 7.17. The first-order valence-corrected chi connectivity index (χ1v) is 7.41. The topological polar surface area (TPSA) is 101 Å². The molecule has 128 valence electrons. The van der Waals surface area contributed by atoms with Gasteiger partial charge < -0.3 is 20.5 Å². The third-order valence-electron chi connectivity index (χ3n) is 3.41. The highest BCUT2D eigenvalue weighted by atomic mass is 16.6. The standard InChI is InChI=1S/C16H25N3O4/c1-10(20)19-12-8-18-7-6-11(12)14(16(2,3)4)13(21)9-23-15(22)17-5/h6-8,13-14,21H,9H2,1-5H3,(H,17,22)(H,19,20). The maximum Gasteiger partial charge on any atom is 0.406 e. The van der Waals surface area contributed by atoms with E-state index < -0.39 is 12.2 Å². The second kappa shape index (κ2) is 7.92. The zero-order valence-corrected chi connectivity index (χ0v) is 14.2. The van der Waals surface area contributed by atoms with E-state index in [1.54, 1.807) is 18.5 Å². The van der Waals surface area contributed by atoms with Crippen LogP contribution < -0.4 is 10.6 Å². The van der Waals surface area contributed by atoms with Crippen molar-refractivity contribution in [3.8, 4) is 0 Å². The maximum atomic E-state index is 11.4. The number of anilines is 1. The van der Waals surface area contributed by atoms with Crippen molar-refractivity contribution in [3.05, 3.63) is 24.0 Å². The predicted octanol–water partition coefficient (Wildman–Crippen LogP) is 1.89. The number of pyridine rings is 1. The van der Waals surface area contributed by atoms with Gasteiger partial charge in [-0.1, -0.05) is 20.8 Å². The number of carbonyl (C=O) groups is 2. The summed E-state index contributed by atoms with van der Waals surface area (Å²) in [6, 6.07) is 1.75. The highest BCUT2D eigenvalue weighted by Gasteiger charge is 2.35. The largest absolute Gasteiger partial charge is 0.447 e. The minimum Gasteiger partial charge on any atom is -0.447 e. The van der Waals surface area contributed by atoms with Crippen LogP contribution in [0.3, 0.4) is 0 Å². The van der Waals surface area contributed by atoms with Gasteiger partial charge in [-0.25, -0.2) is 4.79 Å². The lowest BCUT2D eigenvalue weighted by molar-refractivity contribution is -0.114. The monoisotopic (exact) mass is 323 g/mol. The van der Waals surface area contributed by atoms with E-state index in [-0.39, 0.29) is 23.8 Å². The van der Waals surface area contributed by atoms with Crippen LogP contribution >= 0.6 is 0 Å². The first kappa shape index (κ1) is 18.9. The zero-order chi connectivity index (χ0) is 17.6. The molecule has 2 atom stereocenters. The third-order valence-corrected chi connectivity index (χ3v) is 3.41. The Hall–Kier alpha value is -2.15. The van der Waals surface area contributed by atoms with Crippen molar-refractivity contribution in [1.82, 2.24) is 10.3 Å². The fourth-order valence-corrected chi connectivity index (χ4v) is 2.55. The minimum atomic E-state index is -0.929. The van der Waals surface area contributed by atoms with Gasteiger partial charge in [0.15, 0.2) is 0 Å². The van der Waals surface area contributed by atoms with Crippen molar-refractivity contribution in [2.45, 2.75) is 39.7 Å². The van der Waals surface area contributed by atoms with Gasteiger partial charge in [0.1, 0.15) is 6.61 Å². The van der Waals surface area contributed by atoms with Crippen LogP contribution in [0.5, 0.6) is 0 Å². The Morgan fingerprint density at radius 1 is 1.39 bits per heavy atom. The van der Waals surface area contributed by atoms with Crippen LogP contribution in [-0.2, 0) is 9.53 Å². The van der Waals surface area contributed by atoms with Crippen LogP contribution in [-0.4, -0.2) is 41.8 Å². The van der Waals surface area contributed by atoms with Crippen molar-refractivity contribution >= 4 is 17.7 Å². The number of nitrogens with one attached hydrogen (secondary N) is 2. The number of hydrogen-bond acceptors (Lipinski definition) is 5. The van der Waals surface area contributed by atoms with Crippen molar-refractivity contribution in [2.24, 2.45) is 5.41 Å². The Bertz CT molecular complexity index is 555. The van der Waals surface area contributed by atoms with E-state index in [0.717, 1.165) is 5.56 Å². The Balaban J connectivity index is 3.12. The molecule has 0 aromatic carbocycles. The van der Waals surface area contributed by atoms with E-state index in [1.807, 2.05) is 20.8 Å². The normalized spacial score (nSPS) is 13.8. The van der Waals surface area contributed by atoms with Gasteiger partial charge in [0, 0.05) is 26.1 Å². The molecular formula is C16H25N3O4. The highest BCUT2D eigenvalue weighted by molar-refractivity contribution is 5.89. The molecule has 1 aromatic rings. The smallest absolute Gasteiger partial charge is 0.406 e. The van der Waals surface area contributed by atoms with Crippen LogP contribution in [0.15, 0.2) is 18.5 Å². The number of aromatic nitrogens is 1. The molecule has 1 aromatic heterocycles. The molecule has 0 aliphatic rings. The molecule has 1 rings (SSSR count). The number of ether oxygens (including phenoxy) is 1. The summed E-state index contributed by atoms with van der Waals surface area (Å²) in [5.74, 6) is -0.583. The Kier molecular flexibility index (Phi) is 6.50. The van der Waals surface area contributed by atoms with Crippen LogP contribution in [0.2, 0.25) is 0 Å². The molecule has 0 saturated heterocycles. The van der Waals surface area contributed by atoms with E-state index in [9.17, 15) is 14.7 Å². The first-order valence-electron chi connectivity index (χ1n) is 7.41. The summed E-state index contributed by atoms with van der Waals surface area (Å²) >= 11 is 0. The molecular weight excluding hydrogens is 298 g/mol. The number of alkyl carbamates (subject to hydrolysis) is 1. The van der Waals surface area contributed by atoms with Gasteiger partial charge in [0.25, 0.3) is 0 Å². The van der Waals surface area contributed by atoms with Crippen molar-refractivity contribution in [2.75, 3.05) is 19.0 Å². The molecule has 0 fully saturated rings. The summed E-state index contributed by atoms with van der Waals surface area (Å²) in [6.07, 6.45) is 1.61. The van der Waals surface area contributed by atoms with Crippen molar-refractivity contribution in [3.63, 3.8) is 0 Å². The van der Waals surface area contributed by atoms with E-state index >= 15 is 0 Å². The number of aliphatic hydroxyl groups excluding tert-OH is 1. The van der Waals surface area contributed by atoms with Crippen LogP contribution in [0.1, 0.15) is 39.2 Å². The molecule has 23 heavy (non-hydrogen) atoms. The SMILES string of the molecule is CNC(=O)OCC(O)C(c1ccncc1NC(C)=O)C(C)(C)C. The van der Waals surface area contributed by atoms with Crippen LogP contribution in [0.25, 0.3) is 0 Å². The molecule has 0 aliphatic carbocycles. The van der Waals surface area contributed by atoms with Gasteiger partial charge in [0.05, 0.1) is 18.0 Å². The average Bonchev–Trinajstić information content (AvgIpc) is 2.44. The Morgan fingerprint density at radius 2 is 2.04 bits per heavy atom. The summed E-state index contributed by atoms with van der Waals surface area (Å²) in [5.41, 5.74) is 0.953. The quantitative estimate of drug-likeness (QED) is 0.768. The van der Waals surface area contributed by atoms with E-state index in [1.165, 1.54) is 14.0 Å². The van der Waals surface area contributed by atoms with E-state index in [4.69, 9.17) is 4.74 Å². The summed E-state index contributed by atoms with van der Waals surface area (Å²) in [5, 5.41) is 15.6. The molecule has 0 aliphatic heterocycles. The second-order valence-corrected chi connectivity index (χ2v) is 6.40. The predicted molar refractivity (Wildman–Crippen MR) is 87.2 cm³/mol. The van der Waals surface area contributed by atoms with Gasteiger partial charge in [-0.15, -0.1) is 0 Å².